The SMILES string of the molecule is CCC1(C)CCC2=CC(O)C(C)=C(C)C2(CC)O1. The largest absolute Gasteiger partial charge is 0.385 e. The molecule has 0 aromatic rings. The lowest BCUT2D eigenvalue weighted by Gasteiger charge is -2.51. The van der Waals surface area contributed by atoms with Crippen LogP contribution in [0.15, 0.2) is 22.8 Å². The molecule has 1 saturated heterocycles. The van der Waals surface area contributed by atoms with Gasteiger partial charge >= 0.3 is 0 Å². The van der Waals surface area contributed by atoms with Crippen molar-refractivity contribution in [1.29, 1.82) is 0 Å². The lowest BCUT2D eigenvalue weighted by Crippen LogP contribution is -2.51. The van der Waals surface area contributed by atoms with E-state index in [0.29, 0.717) is 0 Å². The van der Waals surface area contributed by atoms with Gasteiger partial charge in [-0.3, -0.25) is 0 Å². The summed E-state index contributed by atoms with van der Waals surface area (Å²) in [5.74, 6) is 0. The van der Waals surface area contributed by atoms with E-state index in [1.54, 1.807) is 0 Å². The monoisotopic (exact) mass is 250 g/mol. The average molecular weight is 250 g/mol. The summed E-state index contributed by atoms with van der Waals surface area (Å²) < 4.78 is 6.56. The van der Waals surface area contributed by atoms with Gasteiger partial charge in [-0.1, -0.05) is 13.8 Å². The van der Waals surface area contributed by atoms with E-state index in [1.165, 1.54) is 11.1 Å². The second-order valence-electron chi connectivity index (χ2n) is 6.03. The van der Waals surface area contributed by atoms with Gasteiger partial charge in [0.05, 0.1) is 11.7 Å². The highest BCUT2D eigenvalue weighted by Crippen LogP contribution is 2.49. The first-order valence-electron chi connectivity index (χ1n) is 7.16. The van der Waals surface area contributed by atoms with E-state index in [9.17, 15) is 5.11 Å². The molecule has 102 valence electrons. The molecule has 1 heterocycles. The van der Waals surface area contributed by atoms with Crippen LogP contribution in [0.3, 0.4) is 0 Å². The zero-order chi connectivity index (χ0) is 13.6. The minimum atomic E-state index is -0.422. The molecule has 0 aromatic carbocycles. The van der Waals surface area contributed by atoms with Crippen molar-refractivity contribution in [3.05, 3.63) is 22.8 Å². The zero-order valence-corrected chi connectivity index (χ0v) is 12.3. The lowest BCUT2D eigenvalue weighted by molar-refractivity contribution is -0.141. The number of ether oxygens (including phenoxy) is 1. The summed E-state index contributed by atoms with van der Waals surface area (Å²) in [6, 6.07) is 0. The van der Waals surface area contributed by atoms with Gasteiger partial charge in [0.2, 0.25) is 0 Å². The molecule has 3 atom stereocenters. The second kappa shape index (κ2) is 4.50. The Kier molecular flexibility index (Phi) is 3.46. The summed E-state index contributed by atoms with van der Waals surface area (Å²) in [5, 5.41) is 10.1. The highest BCUT2D eigenvalue weighted by molar-refractivity contribution is 5.44. The van der Waals surface area contributed by atoms with Gasteiger partial charge in [-0.05, 0) is 69.2 Å². The predicted molar refractivity (Wildman–Crippen MR) is 74.5 cm³/mol. The molecule has 2 aliphatic rings. The standard InChI is InChI=1S/C16H26O2/c1-6-15(5)9-8-13-10-14(17)11(3)12(4)16(13,7-2)18-15/h10,14,17H,6-9H2,1-5H3. The molecule has 2 rings (SSSR count). The van der Waals surface area contributed by atoms with Crippen molar-refractivity contribution >= 4 is 0 Å². The lowest BCUT2D eigenvalue weighted by atomic mass is 9.70. The predicted octanol–water partition coefficient (Wildman–Crippen LogP) is 3.75. The van der Waals surface area contributed by atoms with Crippen LogP contribution in [-0.4, -0.2) is 22.4 Å². The smallest absolute Gasteiger partial charge is 0.111 e. The van der Waals surface area contributed by atoms with Crippen molar-refractivity contribution in [2.75, 3.05) is 0 Å². The van der Waals surface area contributed by atoms with Crippen molar-refractivity contribution in [2.45, 2.75) is 77.6 Å². The normalized spacial score (nSPS) is 40.6. The quantitative estimate of drug-likeness (QED) is 0.756. The Bertz CT molecular complexity index is 407. The molecule has 1 aliphatic carbocycles. The first-order chi connectivity index (χ1) is 8.38. The molecule has 0 spiro atoms. The fourth-order valence-corrected chi connectivity index (χ4v) is 3.34. The van der Waals surface area contributed by atoms with E-state index in [2.05, 4.69) is 27.7 Å². The van der Waals surface area contributed by atoms with E-state index >= 15 is 0 Å². The molecule has 1 N–H and O–H groups in total. The van der Waals surface area contributed by atoms with Crippen LogP contribution in [0.4, 0.5) is 0 Å². The van der Waals surface area contributed by atoms with Crippen molar-refractivity contribution in [3.8, 4) is 0 Å². The van der Waals surface area contributed by atoms with Crippen LogP contribution in [-0.2, 0) is 4.74 Å². The molecule has 3 unspecified atom stereocenters. The highest BCUT2D eigenvalue weighted by atomic mass is 16.5. The summed E-state index contributed by atoms with van der Waals surface area (Å²) in [6.45, 7) is 10.7. The third-order valence-corrected chi connectivity index (χ3v) is 5.11. The average Bonchev–Trinajstić information content (AvgIpc) is 2.37. The number of aliphatic hydroxyl groups excluding tert-OH is 1. The Labute approximate surface area is 111 Å². The van der Waals surface area contributed by atoms with Crippen LogP contribution >= 0.6 is 0 Å². The van der Waals surface area contributed by atoms with E-state index in [4.69, 9.17) is 4.74 Å². The Morgan fingerprint density at radius 3 is 2.56 bits per heavy atom. The first kappa shape index (κ1) is 13.8. The molecule has 1 fully saturated rings. The Balaban J connectivity index is 2.47. The molecular formula is C16H26O2. The molecule has 0 amide bonds. The molecule has 2 nitrogen and oxygen atoms in total. The van der Waals surface area contributed by atoms with Crippen molar-refractivity contribution in [2.24, 2.45) is 0 Å². The van der Waals surface area contributed by atoms with Crippen LogP contribution in [0.1, 0.15) is 60.3 Å². The van der Waals surface area contributed by atoms with Crippen molar-refractivity contribution in [1.82, 2.24) is 0 Å². The van der Waals surface area contributed by atoms with E-state index in [1.807, 2.05) is 13.0 Å². The molecule has 0 bridgehead atoms. The van der Waals surface area contributed by atoms with E-state index in [-0.39, 0.29) is 11.2 Å². The summed E-state index contributed by atoms with van der Waals surface area (Å²) >= 11 is 0. The summed E-state index contributed by atoms with van der Waals surface area (Å²) in [6.07, 6.45) is 5.67. The maximum absolute atomic E-state index is 10.1. The van der Waals surface area contributed by atoms with Crippen LogP contribution in [0.25, 0.3) is 0 Å². The van der Waals surface area contributed by atoms with Gasteiger partial charge in [0, 0.05) is 0 Å². The van der Waals surface area contributed by atoms with Gasteiger partial charge in [0.25, 0.3) is 0 Å². The zero-order valence-electron chi connectivity index (χ0n) is 12.3. The van der Waals surface area contributed by atoms with Crippen LogP contribution in [0.5, 0.6) is 0 Å². The Morgan fingerprint density at radius 2 is 2.00 bits per heavy atom. The number of rotatable bonds is 2. The van der Waals surface area contributed by atoms with Crippen LogP contribution in [0.2, 0.25) is 0 Å². The minimum absolute atomic E-state index is 0.0306. The molecule has 18 heavy (non-hydrogen) atoms. The van der Waals surface area contributed by atoms with E-state index in [0.717, 1.165) is 31.3 Å². The van der Waals surface area contributed by atoms with Gasteiger partial charge in [0.1, 0.15) is 5.60 Å². The van der Waals surface area contributed by atoms with Crippen molar-refractivity contribution < 1.29 is 9.84 Å². The Hall–Kier alpha value is -0.600. The maximum atomic E-state index is 10.1. The highest BCUT2D eigenvalue weighted by Gasteiger charge is 2.48. The molecular weight excluding hydrogens is 224 g/mol. The number of aliphatic hydroxyl groups is 1. The number of hydrogen-bond donors (Lipinski definition) is 1. The van der Waals surface area contributed by atoms with Gasteiger partial charge in [-0.25, -0.2) is 0 Å². The number of fused-ring (bicyclic) bond motifs is 1. The number of hydrogen-bond acceptors (Lipinski definition) is 2. The van der Waals surface area contributed by atoms with Gasteiger partial charge in [-0.2, -0.15) is 0 Å². The van der Waals surface area contributed by atoms with Crippen LogP contribution in [0, 0.1) is 0 Å². The summed E-state index contributed by atoms with van der Waals surface area (Å²) in [4.78, 5) is 0. The molecule has 0 aromatic heterocycles. The Morgan fingerprint density at radius 1 is 1.33 bits per heavy atom. The fourth-order valence-electron chi connectivity index (χ4n) is 3.34. The van der Waals surface area contributed by atoms with Gasteiger partial charge in [-0.15, -0.1) is 0 Å². The van der Waals surface area contributed by atoms with E-state index < -0.39 is 6.10 Å². The molecule has 1 aliphatic heterocycles. The third kappa shape index (κ3) is 1.86. The van der Waals surface area contributed by atoms with Gasteiger partial charge < -0.3 is 9.84 Å². The molecule has 0 radical (unpaired) electrons. The molecule has 0 saturated carbocycles. The second-order valence-corrected chi connectivity index (χ2v) is 6.03. The summed E-state index contributed by atoms with van der Waals surface area (Å²) in [7, 11) is 0. The topological polar surface area (TPSA) is 29.5 Å². The van der Waals surface area contributed by atoms with Crippen molar-refractivity contribution in [3.63, 3.8) is 0 Å². The fraction of sp³-hybridized carbons (Fsp3) is 0.750. The molecule has 2 heteroatoms. The maximum Gasteiger partial charge on any atom is 0.111 e. The van der Waals surface area contributed by atoms with Gasteiger partial charge in [0.15, 0.2) is 0 Å². The first-order valence-corrected chi connectivity index (χ1v) is 7.16. The minimum Gasteiger partial charge on any atom is -0.385 e. The third-order valence-electron chi connectivity index (χ3n) is 5.11. The van der Waals surface area contributed by atoms with Crippen LogP contribution < -0.4 is 0 Å². The summed E-state index contributed by atoms with van der Waals surface area (Å²) in [5.41, 5.74) is 3.27.